The molecule has 36 heavy (non-hydrogen) atoms. The van der Waals surface area contributed by atoms with Gasteiger partial charge in [0.15, 0.2) is 0 Å². The molecule has 4 nitrogen and oxygen atoms in total. The minimum Gasteiger partial charge on any atom is -0.493 e. The maximum absolute atomic E-state index is 15.7. The normalized spacial score (nSPS) is 16.9. The van der Waals surface area contributed by atoms with Gasteiger partial charge in [-0.1, -0.05) is 64.9 Å². The molecule has 0 bridgehead atoms. The molecule has 1 aromatic heterocycles. The fourth-order valence-electron chi connectivity index (χ4n) is 5.34. The van der Waals surface area contributed by atoms with Gasteiger partial charge in [-0.05, 0) is 80.3 Å². The molecule has 0 spiro atoms. The average Bonchev–Trinajstić information content (AvgIpc) is 2.92. The Balaban J connectivity index is 1.52. The number of aliphatic carboxylic acids is 1. The summed E-state index contributed by atoms with van der Waals surface area (Å²) in [6.07, 6.45) is 14.3. The van der Waals surface area contributed by atoms with E-state index >= 15 is 4.39 Å². The predicted octanol–water partition coefficient (Wildman–Crippen LogP) is 8.43. The zero-order chi connectivity index (χ0) is 25.8. The van der Waals surface area contributed by atoms with E-state index in [9.17, 15) is 9.90 Å². The summed E-state index contributed by atoms with van der Waals surface area (Å²) in [7, 11) is 0. The van der Waals surface area contributed by atoms with Crippen LogP contribution in [-0.2, 0) is 11.2 Å². The first-order chi connectivity index (χ1) is 17.5. The Kier molecular flexibility index (Phi) is 11.2. The van der Waals surface area contributed by atoms with Crippen molar-refractivity contribution in [1.29, 1.82) is 0 Å². The van der Waals surface area contributed by atoms with Gasteiger partial charge in [-0.25, -0.2) is 9.18 Å². The summed E-state index contributed by atoms with van der Waals surface area (Å²) in [4.78, 5) is 16.6. The molecule has 198 valence electrons. The molecule has 1 heterocycles. The smallest absolute Gasteiger partial charge is 0.341 e. The van der Waals surface area contributed by atoms with Crippen LogP contribution in [0.25, 0.3) is 11.3 Å². The summed E-state index contributed by atoms with van der Waals surface area (Å²) < 4.78 is 21.7. The van der Waals surface area contributed by atoms with E-state index in [1.54, 1.807) is 0 Å². The zero-order valence-electron chi connectivity index (χ0n) is 22.2. The van der Waals surface area contributed by atoms with Gasteiger partial charge in [0.1, 0.15) is 5.75 Å². The second-order valence-electron chi connectivity index (χ2n) is 10.5. The molecule has 1 unspecified atom stereocenters. The fourth-order valence-corrected chi connectivity index (χ4v) is 5.34. The molecule has 5 heteroatoms. The number of ether oxygens (including phenoxy) is 1. The van der Waals surface area contributed by atoms with Crippen molar-refractivity contribution in [3.8, 4) is 17.0 Å². The topological polar surface area (TPSA) is 59.4 Å². The molecular weight excluding hydrogens is 453 g/mol. The molecule has 3 rings (SSSR count). The molecule has 0 saturated heterocycles. The van der Waals surface area contributed by atoms with Gasteiger partial charge in [0.2, 0.25) is 5.67 Å². The number of carbonyl (C=O) groups is 1. The van der Waals surface area contributed by atoms with E-state index < -0.39 is 17.6 Å². The van der Waals surface area contributed by atoms with Crippen molar-refractivity contribution in [2.75, 3.05) is 6.61 Å². The predicted molar refractivity (Wildman–Crippen MR) is 144 cm³/mol. The summed E-state index contributed by atoms with van der Waals surface area (Å²) in [6, 6.07) is 12.0. The Labute approximate surface area is 216 Å². The lowest BCUT2D eigenvalue weighted by atomic mass is 9.74. The Morgan fingerprint density at radius 3 is 2.39 bits per heavy atom. The lowest BCUT2D eigenvalue weighted by Gasteiger charge is -2.35. The van der Waals surface area contributed by atoms with Gasteiger partial charge in [0, 0.05) is 17.7 Å². The third kappa shape index (κ3) is 8.04. The monoisotopic (exact) mass is 497 g/mol. The average molecular weight is 498 g/mol. The number of carboxylic acids is 1. The van der Waals surface area contributed by atoms with Crippen LogP contribution in [-0.4, -0.2) is 28.3 Å². The van der Waals surface area contributed by atoms with Gasteiger partial charge >= 0.3 is 5.97 Å². The van der Waals surface area contributed by atoms with E-state index in [-0.39, 0.29) is 12.3 Å². The van der Waals surface area contributed by atoms with Gasteiger partial charge in [0.25, 0.3) is 0 Å². The highest BCUT2D eigenvalue weighted by atomic mass is 19.1. The van der Waals surface area contributed by atoms with Crippen molar-refractivity contribution in [3.05, 3.63) is 48.2 Å². The number of carboxylic acid groups (broad SMARTS) is 1. The molecule has 0 amide bonds. The minimum atomic E-state index is -2.17. The fraction of sp³-hybridized carbons (Fsp3) is 0.613. The number of alkyl halides is 1. The molecule has 0 aliphatic heterocycles. The van der Waals surface area contributed by atoms with Gasteiger partial charge in [-0.3, -0.25) is 4.98 Å². The van der Waals surface area contributed by atoms with Crippen LogP contribution in [0.5, 0.6) is 5.75 Å². The number of pyridine rings is 1. The molecule has 1 fully saturated rings. The van der Waals surface area contributed by atoms with E-state index in [2.05, 4.69) is 24.0 Å². The van der Waals surface area contributed by atoms with Gasteiger partial charge in [0.05, 0.1) is 12.3 Å². The molecule has 1 N–H and O–H groups in total. The number of benzene rings is 1. The number of aryl methyl sites for hydroxylation is 1. The van der Waals surface area contributed by atoms with Crippen LogP contribution in [0, 0.1) is 11.8 Å². The highest BCUT2D eigenvalue weighted by molar-refractivity contribution is 5.77. The number of aromatic nitrogens is 1. The first-order valence-electron chi connectivity index (χ1n) is 14.1. The standard InChI is InChI=1S/C31H44FNO3/c1-3-5-6-7-9-12-25-15-20-29(33-22-25)26-16-18-28(19-17-26)36-23-24(4-2)21-31(32,30(34)35)27-13-10-8-11-14-27/h15-20,22,24,27H,3-14,21,23H2,1-2H3,(H,34,35)/t24?,31-/m0/s1. The Bertz CT molecular complexity index is 908. The van der Waals surface area contributed by atoms with Gasteiger partial charge in [-0.15, -0.1) is 0 Å². The SMILES string of the molecule is CCCCCCCc1ccc(-c2ccc(OCC(CC)C[C@@](F)(C(=O)O)C3CCCCC3)cc2)nc1. The maximum atomic E-state index is 15.7. The van der Waals surface area contributed by atoms with Crippen molar-refractivity contribution in [2.24, 2.45) is 11.8 Å². The molecule has 2 aromatic rings. The minimum absolute atomic E-state index is 0.0104. The Morgan fingerprint density at radius 1 is 1.06 bits per heavy atom. The van der Waals surface area contributed by atoms with Crippen molar-refractivity contribution >= 4 is 5.97 Å². The van der Waals surface area contributed by atoms with E-state index in [0.717, 1.165) is 36.9 Å². The quantitative estimate of drug-likeness (QED) is 0.251. The first-order valence-corrected chi connectivity index (χ1v) is 14.1. The van der Waals surface area contributed by atoms with E-state index in [0.29, 0.717) is 31.6 Å². The van der Waals surface area contributed by atoms with E-state index in [1.165, 1.54) is 37.7 Å². The van der Waals surface area contributed by atoms with Crippen LogP contribution in [0.15, 0.2) is 42.6 Å². The van der Waals surface area contributed by atoms with Crippen molar-refractivity contribution < 1.29 is 19.0 Å². The van der Waals surface area contributed by atoms with E-state index in [4.69, 9.17) is 4.74 Å². The largest absolute Gasteiger partial charge is 0.493 e. The summed E-state index contributed by atoms with van der Waals surface area (Å²) in [5.74, 6) is -1.15. The van der Waals surface area contributed by atoms with E-state index in [1.807, 2.05) is 37.4 Å². The van der Waals surface area contributed by atoms with Gasteiger partial charge in [-0.2, -0.15) is 0 Å². The Morgan fingerprint density at radius 2 is 1.78 bits per heavy atom. The van der Waals surface area contributed by atoms with Crippen molar-refractivity contribution in [1.82, 2.24) is 4.98 Å². The lowest BCUT2D eigenvalue weighted by Crippen LogP contribution is -2.44. The number of rotatable bonds is 15. The third-order valence-electron chi connectivity index (χ3n) is 7.80. The van der Waals surface area contributed by atoms with Crippen LogP contribution in [0.2, 0.25) is 0 Å². The second-order valence-corrected chi connectivity index (χ2v) is 10.5. The second kappa shape index (κ2) is 14.3. The molecule has 1 aromatic carbocycles. The number of halogens is 1. The first kappa shape index (κ1) is 28.1. The highest BCUT2D eigenvalue weighted by Crippen LogP contribution is 2.40. The molecule has 1 aliphatic rings. The van der Waals surface area contributed by atoms with Crippen LogP contribution in [0.1, 0.15) is 96.5 Å². The maximum Gasteiger partial charge on any atom is 0.341 e. The third-order valence-corrected chi connectivity index (χ3v) is 7.80. The summed E-state index contributed by atoms with van der Waals surface area (Å²) in [6.45, 7) is 4.52. The van der Waals surface area contributed by atoms with Crippen molar-refractivity contribution in [2.45, 2.75) is 103 Å². The number of unbranched alkanes of at least 4 members (excludes halogenated alkanes) is 4. The van der Waals surface area contributed by atoms with Gasteiger partial charge < -0.3 is 9.84 Å². The number of hydrogen-bond acceptors (Lipinski definition) is 3. The molecule has 2 atom stereocenters. The molecular formula is C31H44FNO3. The van der Waals surface area contributed by atoms with Crippen LogP contribution < -0.4 is 4.74 Å². The van der Waals surface area contributed by atoms with Crippen LogP contribution in [0.4, 0.5) is 4.39 Å². The molecule has 1 saturated carbocycles. The summed E-state index contributed by atoms with van der Waals surface area (Å²) in [5.41, 5.74) is 1.06. The Hall–Kier alpha value is -2.43. The lowest BCUT2D eigenvalue weighted by molar-refractivity contribution is -0.158. The van der Waals surface area contributed by atoms with Crippen LogP contribution >= 0.6 is 0 Å². The molecule has 0 radical (unpaired) electrons. The summed E-state index contributed by atoms with van der Waals surface area (Å²) in [5, 5.41) is 9.72. The number of hydrogen-bond donors (Lipinski definition) is 1. The van der Waals surface area contributed by atoms with Crippen molar-refractivity contribution in [3.63, 3.8) is 0 Å². The highest BCUT2D eigenvalue weighted by Gasteiger charge is 2.47. The zero-order valence-corrected chi connectivity index (χ0v) is 22.2. The molecule has 1 aliphatic carbocycles. The van der Waals surface area contributed by atoms with Crippen LogP contribution in [0.3, 0.4) is 0 Å². The summed E-state index contributed by atoms with van der Waals surface area (Å²) >= 11 is 0. The number of nitrogens with zero attached hydrogens (tertiary/aromatic N) is 1.